The fraction of sp³-hybridized carbons (Fsp3) is 0.789. The Bertz CT molecular complexity index is 580. The summed E-state index contributed by atoms with van der Waals surface area (Å²) in [5.74, 6) is 2.67. The van der Waals surface area contributed by atoms with Gasteiger partial charge in [-0.05, 0) is 66.9 Å². The van der Waals surface area contributed by atoms with E-state index in [0.717, 1.165) is 38.5 Å². The van der Waals surface area contributed by atoms with Crippen LogP contribution in [-0.4, -0.2) is 16.4 Å². The molecule has 0 aromatic heterocycles. The monoisotopic (exact) mass is 364 g/mol. The molecule has 2 nitrogen and oxygen atoms in total. The van der Waals surface area contributed by atoms with E-state index in [1.165, 1.54) is 5.57 Å². The number of alkyl halides is 1. The van der Waals surface area contributed by atoms with Gasteiger partial charge in [0, 0.05) is 23.1 Å². The summed E-state index contributed by atoms with van der Waals surface area (Å²) in [4.78, 5) is 24.6. The van der Waals surface area contributed by atoms with E-state index in [9.17, 15) is 9.59 Å². The predicted molar refractivity (Wildman–Crippen MR) is 89.8 cm³/mol. The van der Waals surface area contributed by atoms with E-state index in [2.05, 4.69) is 29.8 Å². The van der Waals surface area contributed by atoms with Crippen molar-refractivity contribution in [3.63, 3.8) is 0 Å². The van der Waals surface area contributed by atoms with Crippen LogP contribution in [0.3, 0.4) is 0 Å². The molecule has 0 aromatic carbocycles. The van der Waals surface area contributed by atoms with E-state index in [1.54, 1.807) is 0 Å². The maximum Gasteiger partial charge on any atom is 0.155 e. The van der Waals surface area contributed by atoms with Crippen molar-refractivity contribution in [3.05, 3.63) is 11.6 Å². The number of hydrogen-bond acceptors (Lipinski definition) is 2. The molecule has 3 heteroatoms. The third-order valence-corrected chi connectivity index (χ3v) is 8.51. The summed E-state index contributed by atoms with van der Waals surface area (Å²) in [5, 5.41) is 0. The lowest BCUT2D eigenvalue weighted by atomic mass is 9.47. The van der Waals surface area contributed by atoms with Gasteiger partial charge in [0.05, 0.1) is 0 Å². The first-order valence-corrected chi connectivity index (χ1v) is 9.70. The van der Waals surface area contributed by atoms with Crippen molar-refractivity contribution in [1.82, 2.24) is 0 Å². The molecule has 0 N–H and O–H groups in total. The average Bonchev–Trinajstić information content (AvgIpc) is 2.77. The minimum atomic E-state index is -0.0596. The summed E-state index contributed by atoms with van der Waals surface area (Å²) in [6.07, 6.45) is 8.83. The third-order valence-electron chi connectivity index (χ3n) is 7.65. The van der Waals surface area contributed by atoms with Gasteiger partial charge in [-0.15, -0.1) is 0 Å². The lowest BCUT2D eigenvalue weighted by Gasteiger charge is -2.58. The third kappa shape index (κ3) is 1.84. The summed E-state index contributed by atoms with van der Waals surface area (Å²) < 4.78 is 0. The second-order valence-electron chi connectivity index (χ2n) is 8.48. The van der Waals surface area contributed by atoms with Crippen LogP contribution in [0.2, 0.25) is 0 Å². The number of Topliss-reactive ketones (excluding diaryl/α,β-unsaturated/α-hetero) is 1. The summed E-state index contributed by atoms with van der Waals surface area (Å²) in [5.41, 5.74) is 1.45. The quantitative estimate of drug-likeness (QED) is 0.594. The van der Waals surface area contributed by atoms with Crippen LogP contribution in [0.5, 0.6) is 0 Å². The highest BCUT2D eigenvalue weighted by Gasteiger charge is 2.60. The molecule has 120 valence electrons. The van der Waals surface area contributed by atoms with E-state index in [0.29, 0.717) is 40.6 Å². The molecule has 3 fully saturated rings. The molecule has 22 heavy (non-hydrogen) atoms. The molecule has 4 rings (SSSR count). The Morgan fingerprint density at radius 2 is 1.77 bits per heavy atom. The first kappa shape index (κ1) is 15.1. The van der Waals surface area contributed by atoms with Crippen LogP contribution in [0.1, 0.15) is 58.8 Å². The molecule has 3 saturated carbocycles. The molecule has 4 aliphatic rings. The Balaban J connectivity index is 1.74. The SMILES string of the molecule is C[C@]12CCC(=O)C=C1[C@@H](Br)C[C@H]1[C@H]2CC[C@]2(C)C(=O)CC[C@H]12. The number of carbonyl (C=O) groups excluding carboxylic acids is 2. The Morgan fingerprint density at radius 1 is 1.05 bits per heavy atom. The Hall–Kier alpha value is -0.440. The minimum absolute atomic E-state index is 0.0596. The molecule has 0 amide bonds. The van der Waals surface area contributed by atoms with Crippen LogP contribution in [0.4, 0.5) is 0 Å². The summed E-state index contributed by atoms with van der Waals surface area (Å²) in [6.45, 7) is 4.61. The fourth-order valence-corrected chi connectivity index (χ4v) is 7.42. The number of ketones is 2. The van der Waals surface area contributed by atoms with Crippen LogP contribution < -0.4 is 0 Å². The van der Waals surface area contributed by atoms with Gasteiger partial charge in [0.1, 0.15) is 5.78 Å². The van der Waals surface area contributed by atoms with Gasteiger partial charge in [-0.25, -0.2) is 0 Å². The van der Waals surface area contributed by atoms with E-state index >= 15 is 0 Å². The van der Waals surface area contributed by atoms with Crippen molar-refractivity contribution < 1.29 is 9.59 Å². The van der Waals surface area contributed by atoms with Gasteiger partial charge in [-0.3, -0.25) is 9.59 Å². The predicted octanol–water partition coefficient (Wildman–Crippen LogP) is 4.46. The lowest BCUT2D eigenvalue weighted by Crippen LogP contribution is -2.53. The molecule has 6 atom stereocenters. The molecule has 0 aromatic rings. The smallest absolute Gasteiger partial charge is 0.155 e. The highest BCUT2D eigenvalue weighted by Crippen LogP contribution is 2.65. The fourth-order valence-electron chi connectivity index (χ4n) is 6.33. The van der Waals surface area contributed by atoms with Crippen LogP contribution in [0.25, 0.3) is 0 Å². The second-order valence-corrected chi connectivity index (χ2v) is 9.59. The van der Waals surface area contributed by atoms with Crippen molar-refractivity contribution in [1.29, 1.82) is 0 Å². The van der Waals surface area contributed by atoms with Crippen molar-refractivity contribution in [2.24, 2.45) is 28.6 Å². The lowest BCUT2D eigenvalue weighted by molar-refractivity contribution is -0.132. The molecule has 0 spiro atoms. The molecule has 0 radical (unpaired) electrons. The van der Waals surface area contributed by atoms with E-state index in [-0.39, 0.29) is 10.8 Å². The number of hydrogen-bond donors (Lipinski definition) is 0. The zero-order chi connectivity index (χ0) is 15.7. The van der Waals surface area contributed by atoms with Gasteiger partial charge in [0.25, 0.3) is 0 Å². The number of halogens is 1. The standard InChI is InChI=1S/C19H25BrO2/c1-18-7-5-11(21)9-15(18)16(20)10-12-13-3-4-17(22)19(13,2)8-6-14(12)18/h9,12-14,16H,3-8,10H2,1-2H3/t12-,13-,14-,16+,18-,19+/m1/s1. The first-order valence-electron chi connectivity index (χ1n) is 8.78. The second kappa shape index (κ2) is 4.78. The van der Waals surface area contributed by atoms with Crippen molar-refractivity contribution in [2.45, 2.75) is 63.6 Å². The largest absolute Gasteiger partial charge is 0.299 e. The molecule has 0 bridgehead atoms. The highest BCUT2D eigenvalue weighted by atomic mass is 79.9. The normalized spacial score (nSPS) is 51.0. The van der Waals surface area contributed by atoms with Crippen molar-refractivity contribution in [3.8, 4) is 0 Å². The van der Waals surface area contributed by atoms with E-state index < -0.39 is 0 Å². The number of carbonyl (C=O) groups is 2. The van der Waals surface area contributed by atoms with Crippen molar-refractivity contribution >= 4 is 27.5 Å². The molecule has 0 heterocycles. The average molecular weight is 365 g/mol. The topological polar surface area (TPSA) is 34.1 Å². The van der Waals surface area contributed by atoms with Gasteiger partial charge < -0.3 is 0 Å². The summed E-state index contributed by atoms with van der Waals surface area (Å²) in [7, 11) is 0. The summed E-state index contributed by atoms with van der Waals surface area (Å²) in [6, 6.07) is 0. The molecule has 0 unspecified atom stereocenters. The van der Waals surface area contributed by atoms with E-state index in [4.69, 9.17) is 0 Å². The van der Waals surface area contributed by atoms with Crippen LogP contribution in [0, 0.1) is 28.6 Å². The molecule has 4 aliphatic carbocycles. The van der Waals surface area contributed by atoms with Gasteiger partial charge in [0.15, 0.2) is 5.78 Å². The number of fused-ring (bicyclic) bond motifs is 5. The minimum Gasteiger partial charge on any atom is -0.299 e. The summed E-state index contributed by atoms with van der Waals surface area (Å²) >= 11 is 3.88. The Morgan fingerprint density at radius 3 is 2.55 bits per heavy atom. The Labute approximate surface area is 141 Å². The van der Waals surface area contributed by atoms with Crippen LogP contribution >= 0.6 is 15.9 Å². The molecular formula is C19H25BrO2. The Kier molecular flexibility index (Phi) is 3.28. The zero-order valence-electron chi connectivity index (χ0n) is 13.5. The van der Waals surface area contributed by atoms with Crippen LogP contribution in [-0.2, 0) is 9.59 Å². The van der Waals surface area contributed by atoms with Crippen LogP contribution in [0.15, 0.2) is 11.6 Å². The highest BCUT2D eigenvalue weighted by molar-refractivity contribution is 9.09. The van der Waals surface area contributed by atoms with Gasteiger partial charge >= 0.3 is 0 Å². The number of rotatable bonds is 0. The van der Waals surface area contributed by atoms with Gasteiger partial charge in [0.2, 0.25) is 0 Å². The molecule has 0 aliphatic heterocycles. The maximum atomic E-state index is 12.4. The van der Waals surface area contributed by atoms with E-state index in [1.807, 2.05) is 6.08 Å². The van der Waals surface area contributed by atoms with Crippen molar-refractivity contribution in [2.75, 3.05) is 0 Å². The number of allylic oxidation sites excluding steroid dienone is 1. The molecular weight excluding hydrogens is 340 g/mol. The zero-order valence-corrected chi connectivity index (χ0v) is 15.1. The molecule has 0 saturated heterocycles. The van der Waals surface area contributed by atoms with Gasteiger partial charge in [-0.2, -0.15) is 0 Å². The maximum absolute atomic E-state index is 12.4. The first-order chi connectivity index (χ1) is 10.4. The van der Waals surface area contributed by atoms with Gasteiger partial charge in [-0.1, -0.05) is 29.8 Å².